The number of nitrogens with two attached hydrogens (primary N) is 1. The lowest BCUT2D eigenvalue weighted by atomic mass is 9.92. The van der Waals surface area contributed by atoms with Crippen molar-refractivity contribution in [1.82, 2.24) is 4.90 Å². The van der Waals surface area contributed by atoms with Crippen LogP contribution in [-0.2, 0) is 9.59 Å². The van der Waals surface area contributed by atoms with Crippen molar-refractivity contribution in [1.29, 1.82) is 5.26 Å². The minimum absolute atomic E-state index is 0.0823. The SMILES string of the molecule is CC(C#N)C(=O)N1CC(C(N)=O)CCC1C. The van der Waals surface area contributed by atoms with Gasteiger partial charge in [0, 0.05) is 12.6 Å². The van der Waals surface area contributed by atoms with Crippen LogP contribution in [0.1, 0.15) is 26.7 Å². The van der Waals surface area contributed by atoms with Gasteiger partial charge in [0.25, 0.3) is 0 Å². The Morgan fingerprint density at radius 1 is 1.50 bits per heavy atom. The van der Waals surface area contributed by atoms with Crippen LogP contribution in [0.4, 0.5) is 0 Å². The molecule has 0 aromatic rings. The van der Waals surface area contributed by atoms with Crippen LogP contribution in [0.2, 0.25) is 0 Å². The van der Waals surface area contributed by atoms with Crippen LogP contribution in [0.5, 0.6) is 0 Å². The van der Waals surface area contributed by atoms with Crippen LogP contribution in [0.15, 0.2) is 0 Å². The van der Waals surface area contributed by atoms with Crippen LogP contribution in [0.3, 0.4) is 0 Å². The normalized spacial score (nSPS) is 26.9. The summed E-state index contributed by atoms with van der Waals surface area (Å²) in [5, 5.41) is 8.71. The molecule has 0 radical (unpaired) electrons. The van der Waals surface area contributed by atoms with Crippen molar-refractivity contribution in [2.75, 3.05) is 6.54 Å². The average molecular weight is 223 g/mol. The topological polar surface area (TPSA) is 87.2 Å². The first kappa shape index (κ1) is 12.5. The molecule has 88 valence electrons. The number of carbonyl (C=O) groups is 2. The molecule has 5 heteroatoms. The largest absolute Gasteiger partial charge is 0.369 e. The molecule has 0 bridgehead atoms. The van der Waals surface area contributed by atoms with Gasteiger partial charge in [-0.15, -0.1) is 0 Å². The Morgan fingerprint density at radius 2 is 2.12 bits per heavy atom. The highest BCUT2D eigenvalue weighted by atomic mass is 16.2. The van der Waals surface area contributed by atoms with E-state index in [2.05, 4.69) is 0 Å². The third kappa shape index (κ3) is 2.51. The van der Waals surface area contributed by atoms with Gasteiger partial charge in [0.05, 0.1) is 12.0 Å². The van der Waals surface area contributed by atoms with Gasteiger partial charge in [-0.25, -0.2) is 0 Å². The fourth-order valence-electron chi connectivity index (χ4n) is 1.95. The van der Waals surface area contributed by atoms with Gasteiger partial charge in [0.15, 0.2) is 0 Å². The Hall–Kier alpha value is -1.57. The van der Waals surface area contributed by atoms with E-state index in [-0.39, 0.29) is 23.8 Å². The molecule has 1 saturated heterocycles. The number of nitrogens with zero attached hydrogens (tertiary/aromatic N) is 2. The molecule has 1 heterocycles. The third-order valence-electron chi connectivity index (χ3n) is 3.13. The second-order valence-electron chi connectivity index (χ2n) is 4.37. The molecule has 16 heavy (non-hydrogen) atoms. The molecule has 0 aromatic heterocycles. The maximum atomic E-state index is 11.9. The van der Waals surface area contributed by atoms with E-state index in [1.54, 1.807) is 11.8 Å². The van der Waals surface area contributed by atoms with Gasteiger partial charge in [-0.3, -0.25) is 9.59 Å². The number of hydrogen-bond donors (Lipinski definition) is 1. The Morgan fingerprint density at radius 3 is 2.62 bits per heavy atom. The number of carbonyl (C=O) groups excluding carboxylic acids is 2. The summed E-state index contributed by atoms with van der Waals surface area (Å²) in [6.45, 7) is 3.85. The van der Waals surface area contributed by atoms with Crippen molar-refractivity contribution in [3.05, 3.63) is 0 Å². The summed E-state index contributed by atoms with van der Waals surface area (Å²) in [7, 11) is 0. The molecule has 5 nitrogen and oxygen atoms in total. The zero-order valence-corrected chi connectivity index (χ0v) is 9.64. The molecular weight excluding hydrogens is 206 g/mol. The van der Waals surface area contributed by atoms with Gasteiger partial charge in [-0.05, 0) is 26.7 Å². The molecule has 0 aromatic carbocycles. The van der Waals surface area contributed by atoms with Crippen molar-refractivity contribution in [2.45, 2.75) is 32.7 Å². The van der Waals surface area contributed by atoms with Crippen LogP contribution in [-0.4, -0.2) is 29.3 Å². The Balaban J connectivity index is 2.74. The van der Waals surface area contributed by atoms with Crippen molar-refractivity contribution in [2.24, 2.45) is 17.6 Å². The van der Waals surface area contributed by atoms with Gasteiger partial charge in [-0.1, -0.05) is 0 Å². The zero-order chi connectivity index (χ0) is 12.3. The quantitative estimate of drug-likeness (QED) is 0.728. The van der Waals surface area contributed by atoms with Crippen molar-refractivity contribution in [3.63, 3.8) is 0 Å². The van der Waals surface area contributed by atoms with E-state index in [1.807, 2.05) is 13.0 Å². The minimum atomic E-state index is -0.658. The molecule has 3 unspecified atom stereocenters. The predicted octanol–water partition coefficient (Wildman–Crippen LogP) is 0.258. The summed E-state index contributed by atoms with van der Waals surface area (Å²) in [5.41, 5.74) is 5.24. The van der Waals surface area contributed by atoms with Gasteiger partial charge < -0.3 is 10.6 Å². The summed E-state index contributed by atoms with van der Waals surface area (Å²) < 4.78 is 0. The number of nitriles is 1. The second-order valence-corrected chi connectivity index (χ2v) is 4.37. The molecule has 1 fully saturated rings. The average Bonchev–Trinajstić information content (AvgIpc) is 2.27. The summed E-state index contributed by atoms with van der Waals surface area (Å²) in [6.07, 6.45) is 1.48. The van der Waals surface area contributed by atoms with E-state index in [0.29, 0.717) is 6.54 Å². The van der Waals surface area contributed by atoms with Crippen LogP contribution in [0.25, 0.3) is 0 Å². The smallest absolute Gasteiger partial charge is 0.239 e. The number of rotatable bonds is 2. The number of piperidine rings is 1. The molecular formula is C11H17N3O2. The lowest BCUT2D eigenvalue weighted by Crippen LogP contribution is -2.50. The lowest BCUT2D eigenvalue weighted by molar-refractivity contribution is -0.139. The lowest BCUT2D eigenvalue weighted by Gasteiger charge is -2.37. The molecule has 1 aliphatic rings. The number of amides is 2. The highest BCUT2D eigenvalue weighted by Crippen LogP contribution is 2.23. The van der Waals surface area contributed by atoms with E-state index >= 15 is 0 Å². The minimum Gasteiger partial charge on any atom is -0.369 e. The van der Waals surface area contributed by atoms with E-state index in [9.17, 15) is 9.59 Å². The molecule has 0 spiro atoms. The summed E-state index contributed by atoms with van der Waals surface area (Å²) >= 11 is 0. The summed E-state index contributed by atoms with van der Waals surface area (Å²) in [5.74, 6) is -1.50. The molecule has 2 amide bonds. The van der Waals surface area contributed by atoms with Crippen LogP contribution >= 0.6 is 0 Å². The Labute approximate surface area is 95.2 Å². The van der Waals surface area contributed by atoms with Crippen LogP contribution < -0.4 is 5.73 Å². The molecule has 0 saturated carbocycles. The fraction of sp³-hybridized carbons (Fsp3) is 0.727. The van der Waals surface area contributed by atoms with E-state index in [0.717, 1.165) is 12.8 Å². The standard InChI is InChI=1S/C11H17N3O2/c1-7(5-12)11(16)14-6-9(10(13)15)4-3-8(14)2/h7-9H,3-4,6H2,1-2H3,(H2,13,15). The monoisotopic (exact) mass is 223 g/mol. The van der Waals surface area contributed by atoms with Crippen LogP contribution in [0, 0.1) is 23.2 Å². The van der Waals surface area contributed by atoms with E-state index in [1.165, 1.54) is 0 Å². The maximum absolute atomic E-state index is 11.9. The fourth-order valence-corrected chi connectivity index (χ4v) is 1.95. The Kier molecular flexibility index (Phi) is 3.88. The molecule has 3 atom stereocenters. The first-order valence-electron chi connectivity index (χ1n) is 5.46. The molecule has 0 aliphatic carbocycles. The summed E-state index contributed by atoms with van der Waals surface area (Å²) in [6, 6.07) is 2.00. The highest BCUT2D eigenvalue weighted by molar-refractivity contribution is 5.83. The predicted molar refractivity (Wildman–Crippen MR) is 57.9 cm³/mol. The van der Waals surface area contributed by atoms with Gasteiger partial charge in [0.2, 0.25) is 11.8 Å². The molecule has 1 rings (SSSR count). The van der Waals surface area contributed by atoms with Crippen molar-refractivity contribution >= 4 is 11.8 Å². The molecule has 2 N–H and O–H groups in total. The molecule has 1 aliphatic heterocycles. The van der Waals surface area contributed by atoms with Gasteiger partial charge >= 0.3 is 0 Å². The number of likely N-dealkylation sites (tertiary alicyclic amines) is 1. The van der Waals surface area contributed by atoms with Crippen molar-refractivity contribution in [3.8, 4) is 6.07 Å². The van der Waals surface area contributed by atoms with Crippen molar-refractivity contribution < 1.29 is 9.59 Å². The number of primary amides is 1. The summed E-state index contributed by atoms with van der Waals surface area (Å²) in [4.78, 5) is 24.6. The first-order valence-corrected chi connectivity index (χ1v) is 5.46. The third-order valence-corrected chi connectivity index (χ3v) is 3.13. The van der Waals surface area contributed by atoms with E-state index < -0.39 is 5.92 Å². The zero-order valence-electron chi connectivity index (χ0n) is 9.64. The number of hydrogen-bond acceptors (Lipinski definition) is 3. The van der Waals surface area contributed by atoms with Gasteiger partial charge in [-0.2, -0.15) is 5.26 Å². The van der Waals surface area contributed by atoms with Gasteiger partial charge in [0.1, 0.15) is 5.92 Å². The second kappa shape index (κ2) is 4.97. The Bertz CT molecular complexity index is 335. The first-order chi connectivity index (χ1) is 7.47. The maximum Gasteiger partial charge on any atom is 0.239 e. The highest BCUT2D eigenvalue weighted by Gasteiger charge is 2.33. The van der Waals surface area contributed by atoms with E-state index in [4.69, 9.17) is 11.0 Å².